The van der Waals surface area contributed by atoms with E-state index in [1.807, 2.05) is 6.07 Å². The summed E-state index contributed by atoms with van der Waals surface area (Å²) in [6, 6.07) is 11.8. The van der Waals surface area contributed by atoms with Gasteiger partial charge >= 0.3 is 6.18 Å². The van der Waals surface area contributed by atoms with Crippen LogP contribution in [0.1, 0.15) is 41.6 Å². The molecule has 3 aliphatic heterocycles. The Morgan fingerprint density at radius 3 is 1.95 bits per heavy atom. The molecule has 6 nitrogen and oxygen atoms in total. The van der Waals surface area contributed by atoms with Gasteiger partial charge in [-0.2, -0.15) is 13.2 Å². The Bertz CT molecular complexity index is 1220. The first-order chi connectivity index (χ1) is 19.0. The Labute approximate surface area is 235 Å². The number of benzene rings is 2. The maximum absolute atomic E-state index is 14.0. The van der Waals surface area contributed by atoms with Gasteiger partial charge in [-0.05, 0) is 55.7 Å². The van der Waals surface area contributed by atoms with Crippen molar-refractivity contribution in [2.45, 2.75) is 43.6 Å². The van der Waals surface area contributed by atoms with Crippen LogP contribution in [0, 0.1) is 11.8 Å². The van der Waals surface area contributed by atoms with E-state index in [9.17, 15) is 32.3 Å². The van der Waals surface area contributed by atoms with E-state index in [4.69, 9.17) is 11.6 Å². The molecule has 0 saturated carbocycles. The fraction of sp³-hybridized carbons (Fsp3) is 0.517. The highest BCUT2D eigenvalue weighted by atomic mass is 35.5. The highest BCUT2D eigenvalue weighted by Crippen LogP contribution is 2.42. The number of hydrogen-bond acceptors (Lipinski definition) is 4. The molecule has 2 amide bonds. The van der Waals surface area contributed by atoms with Crippen LogP contribution in [-0.2, 0) is 10.4 Å². The Balaban J connectivity index is 1.15. The summed E-state index contributed by atoms with van der Waals surface area (Å²) in [6.45, 7) is 2.05. The second kappa shape index (κ2) is 11.2. The zero-order chi connectivity index (χ0) is 28.7. The van der Waals surface area contributed by atoms with E-state index in [-0.39, 0.29) is 38.0 Å². The average molecular weight is 582 g/mol. The molecular formula is C29H32ClF4N3O3. The van der Waals surface area contributed by atoms with Crippen LogP contribution in [0.4, 0.5) is 23.2 Å². The first-order valence-corrected chi connectivity index (χ1v) is 14.0. The number of hydrogen-bond donors (Lipinski definition) is 1. The number of nitrogens with zero attached hydrogens (tertiary/aromatic N) is 3. The highest BCUT2D eigenvalue weighted by Gasteiger charge is 2.62. The molecule has 0 spiro atoms. The summed E-state index contributed by atoms with van der Waals surface area (Å²) >= 11 is 6.41. The van der Waals surface area contributed by atoms with Gasteiger partial charge in [0.1, 0.15) is 6.17 Å². The SMILES string of the molecule is O=C(c1ccc(N2CCC(C3CCN(C(=O)C(O)(c4ccccc4)C(F)(F)F)CC3)CC2)cc1Cl)N1CC(F)C1. The van der Waals surface area contributed by atoms with Gasteiger partial charge in [-0.15, -0.1) is 0 Å². The molecule has 0 aliphatic carbocycles. The molecule has 1 unspecified atom stereocenters. The molecule has 3 heterocycles. The Morgan fingerprint density at radius 1 is 0.850 bits per heavy atom. The topological polar surface area (TPSA) is 64.1 Å². The largest absolute Gasteiger partial charge is 0.430 e. The number of carbonyl (C=O) groups is 2. The summed E-state index contributed by atoms with van der Waals surface area (Å²) in [7, 11) is 0. The van der Waals surface area contributed by atoms with E-state index < -0.39 is 29.4 Å². The molecule has 1 N–H and O–H groups in total. The molecule has 2 aromatic carbocycles. The molecule has 0 radical (unpaired) electrons. The number of alkyl halides is 4. The van der Waals surface area contributed by atoms with Gasteiger partial charge in [0.2, 0.25) is 0 Å². The van der Waals surface area contributed by atoms with E-state index in [1.165, 1.54) is 23.1 Å². The van der Waals surface area contributed by atoms with Crippen LogP contribution in [0.2, 0.25) is 5.02 Å². The van der Waals surface area contributed by atoms with Crippen molar-refractivity contribution in [3.05, 3.63) is 64.7 Å². The summed E-state index contributed by atoms with van der Waals surface area (Å²) in [5.41, 5.74) is -2.79. The van der Waals surface area contributed by atoms with Crippen molar-refractivity contribution in [1.82, 2.24) is 9.80 Å². The predicted molar refractivity (Wildman–Crippen MR) is 143 cm³/mol. The lowest BCUT2D eigenvalue weighted by molar-refractivity contribution is -0.262. The maximum atomic E-state index is 14.0. The van der Waals surface area contributed by atoms with Crippen LogP contribution in [0.25, 0.3) is 0 Å². The lowest BCUT2D eigenvalue weighted by Gasteiger charge is -2.42. The monoisotopic (exact) mass is 581 g/mol. The van der Waals surface area contributed by atoms with Crippen LogP contribution >= 0.6 is 11.6 Å². The summed E-state index contributed by atoms with van der Waals surface area (Å²) < 4.78 is 55.0. The lowest BCUT2D eigenvalue weighted by atomic mass is 9.78. The molecule has 0 aromatic heterocycles. The fourth-order valence-electron chi connectivity index (χ4n) is 6.15. The van der Waals surface area contributed by atoms with Gasteiger partial charge in [0.15, 0.2) is 0 Å². The number of anilines is 1. The van der Waals surface area contributed by atoms with Crippen LogP contribution < -0.4 is 4.90 Å². The van der Waals surface area contributed by atoms with E-state index in [1.54, 1.807) is 12.1 Å². The minimum Gasteiger partial charge on any atom is -0.371 e. The van der Waals surface area contributed by atoms with Gasteiger partial charge in [0.25, 0.3) is 17.4 Å². The van der Waals surface area contributed by atoms with Gasteiger partial charge in [0.05, 0.1) is 23.7 Å². The van der Waals surface area contributed by atoms with Crippen LogP contribution in [0.3, 0.4) is 0 Å². The third kappa shape index (κ3) is 5.40. The molecule has 40 heavy (non-hydrogen) atoms. The van der Waals surface area contributed by atoms with Crippen molar-refractivity contribution in [3.63, 3.8) is 0 Å². The number of halogens is 5. The zero-order valence-electron chi connectivity index (χ0n) is 21.9. The average Bonchev–Trinajstić information content (AvgIpc) is 2.94. The van der Waals surface area contributed by atoms with E-state index in [2.05, 4.69) is 4.90 Å². The molecule has 1 atom stereocenters. The normalized spacial score (nSPS) is 21.2. The van der Waals surface area contributed by atoms with Crippen molar-refractivity contribution in [2.24, 2.45) is 11.8 Å². The number of rotatable bonds is 5. The van der Waals surface area contributed by atoms with Crippen LogP contribution in [-0.4, -0.2) is 78.3 Å². The number of likely N-dealkylation sites (tertiary alicyclic amines) is 2. The fourth-order valence-corrected chi connectivity index (χ4v) is 6.41. The number of amides is 2. The number of aliphatic hydroxyl groups is 1. The molecule has 216 valence electrons. The predicted octanol–water partition coefficient (Wildman–Crippen LogP) is 5.04. The van der Waals surface area contributed by atoms with E-state index in [0.29, 0.717) is 29.3 Å². The smallest absolute Gasteiger partial charge is 0.371 e. The van der Waals surface area contributed by atoms with Crippen molar-refractivity contribution < 1.29 is 32.3 Å². The molecule has 5 rings (SSSR count). The third-order valence-electron chi connectivity index (χ3n) is 8.62. The lowest BCUT2D eigenvalue weighted by Crippen LogP contribution is -2.57. The third-order valence-corrected chi connectivity index (χ3v) is 8.93. The Kier molecular flexibility index (Phi) is 8.03. The standard InChI is InChI=1S/C29H32ClF4N3O3/c30-25-16-23(6-7-24(25)26(38)37-17-22(31)18-37)35-12-8-19(9-13-35)20-10-14-36(15-11-20)27(39)28(40,29(32,33)34)21-4-2-1-3-5-21/h1-7,16,19-20,22,40H,8-15,17-18H2. The molecule has 3 saturated heterocycles. The van der Waals surface area contributed by atoms with Crippen LogP contribution in [0.15, 0.2) is 48.5 Å². The first-order valence-electron chi connectivity index (χ1n) is 13.6. The molecular weight excluding hydrogens is 550 g/mol. The van der Waals surface area contributed by atoms with Gasteiger partial charge < -0.3 is 19.8 Å². The Morgan fingerprint density at radius 2 is 1.43 bits per heavy atom. The van der Waals surface area contributed by atoms with Crippen LogP contribution in [0.5, 0.6) is 0 Å². The van der Waals surface area contributed by atoms with Crippen molar-refractivity contribution in [3.8, 4) is 0 Å². The van der Waals surface area contributed by atoms with Crippen molar-refractivity contribution in [2.75, 3.05) is 44.2 Å². The summed E-state index contributed by atoms with van der Waals surface area (Å²) in [6.07, 6.45) is -3.18. The van der Waals surface area contributed by atoms with Gasteiger partial charge in [-0.3, -0.25) is 9.59 Å². The maximum Gasteiger partial charge on any atom is 0.430 e. The zero-order valence-corrected chi connectivity index (χ0v) is 22.7. The van der Waals surface area contributed by atoms with Gasteiger partial charge in [-0.1, -0.05) is 41.9 Å². The molecule has 2 aromatic rings. The summed E-state index contributed by atoms with van der Waals surface area (Å²) in [4.78, 5) is 30.3. The van der Waals surface area contributed by atoms with E-state index >= 15 is 0 Å². The molecule has 3 fully saturated rings. The van der Waals surface area contributed by atoms with Crippen molar-refractivity contribution >= 4 is 29.1 Å². The second-order valence-electron chi connectivity index (χ2n) is 11.0. The van der Waals surface area contributed by atoms with E-state index in [0.717, 1.165) is 48.7 Å². The number of piperidine rings is 2. The van der Waals surface area contributed by atoms with Gasteiger partial charge in [0, 0.05) is 37.4 Å². The summed E-state index contributed by atoms with van der Waals surface area (Å²) in [5, 5.41) is 11.0. The Hall–Kier alpha value is -2.85. The van der Waals surface area contributed by atoms with Gasteiger partial charge in [-0.25, -0.2) is 4.39 Å². The molecule has 0 bridgehead atoms. The van der Waals surface area contributed by atoms with Crippen molar-refractivity contribution in [1.29, 1.82) is 0 Å². The minimum absolute atomic E-state index is 0.0910. The quantitative estimate of drug-likeness (QED) is 0.503. The second-order valence-corrected chi connectivity index (χ2v) is 11.4. The highest BCUT2D eigenvalue weighted by molar-refractivity contribution is 6.34. The molecule has 3 aliphatic rings. The summed E-state index contributed by atoms with van der Waals surface area (Å²) in [5.74, 6) is -0.940. The minimum atomic E-state index is -5.14. The molecule has 11 heteroatoms. The first kappa shape index (κ1) is 28.7. The number of carbonyl (C=O) groups excluding carboxylic acids is 2.